The van der Waals surface area contributed by atoms with Gasteiger partial charge in [-0.05, 0) is 12.1 Å². The Balaban J connectivity index is 1.87. The Bertz CT molecular complexity index is 831. The number of nitrogens with one attached hydrogen (secondary N) is 2. The lowest BCUT2D eigenvalue weighted by Gasteiger charge is -2.29. The fourth-order valence-corrected chi connectivity index (χ4v) is 2.34. The molecule has 0 amide bonds. The van der Waals surface area contributed by atoms with E-state index in [9.17, 15) is 9.59 Å². The van der Waals surface area contributed by atoms with E-state index in [1.54, 1.807) is 18.2 Å². The number of H-pyrrole nitrogens is 1. The zero-order chi connectivity index (χ0) is 18.0. The Hall–Kier alpha value is -3.13. The van der Waals surface area contributed by atoms with E-state index in [1.165, 1.54) is 20.0 Å². The zero-order valence-electron chi connectivity index (χ0n) is 13.7. The first kappa shape index (κ1) is 16.7. The molecule has 1 aliphatic rings. The number of carbonyl (C=O) groups is 2. The second kappa shape index (κ2) is 6.40. The number of aliphatic hydroxyl groups excluding tert-OH is 1. The third-order valence-electron chi connectivity index (χ3n) is 3.49. The number of aromatic nitrogens is 2. The van der Waals surface area contributed by atoms with Gasteiger partial charge in [0.2, 0.25) is 0 Å². The predicted octanol–water partition coefficient (Wildman–Crippen LogP) is 1.70. The third-order valence-corrected chi connectivity index (χ3v) is 3.49. The highest BCUT2D eigenvalue weighted by Crippen LogP contribution is 2.28. The number of cyclic esters (lactones) is 2. The maximum Gasteiger partial charge on any atom is 0.350 e. The molecule has 1 aromatic carbocycles. The lowest BCUT2D eigenvalue weighted by Crippen LogP contribution is -2.42. The Labute approximate surface area is 143 Å². The molecule has 0 saturated carbocycles. The smallest absolute Gasteiger partial charge is 0.350 e. The van der Waals surface area contributed by atoms with Crippen molar-refractivity contribution in [1.29, 1.82) is 0 Å². The van der Waals surface area contributed by atoms with Crippen molar-refractivity contribution in [2.75, 3.05) is 5.32 Å². The molecule has 25 heavy (non-hydrogen) atoms. The van der Waals surface area contributed by atoms with E-state index in [4.69, 9.17) is 14.6 Å². The molecule has 3 rings (SSSR count). The van der Waals surface area contributed by atoms with Crippen molar-refractivity contribution < 1.29 is 24.2 Å². The molecule has 0 aliphatic carbocycles. The highest BCUT2D eigenvalue weighted by atomic mass is 16.7. The summed E-state index contributed by atoms with van der Waals surface area (Å²) in [6, 6.07) is 8.92. The number of esters is 2. The molecule has 1 aromatic heterocycles. The van der Waals surface area contributed by atoms with Crippen molar-refractivity contribution in [2.24, 2.45) is 0 Å². The quantitative estimate of drug-likeness (QED) is 0.440. The van der Waals surface area contributed by atoms with Gasteiger partial charge in [-0.25, -0.2) is 9.59 Å². The van der Waals surface area contributed by atoms with E-state index in [0.717, 1.165) is 5.56 Å². The summed E-state index contributed by atoms with van der Waals surface area (Å²) in [5.74, 6) is -2.79. The number of nitrogens with zero attached hydrogens (tertiary/aromatic N) is 1. The fourth-order valence-electron chi connectivity index (χ4n) is 2.34. The number of aliphatic hydroxyl groups is 1. The maximum absolute atomic E-state index is 12.0. The number of aromatic amines is 1. The number of anilines is 1. The second-order valence-electron chi connectivity index (χ2n) is 5.86. The predicted molar refractivity (Wildman–Crippen MR) is 87.9 cm³/mol. The number of hydrogen-bond donors (Lipinski definition) is 3. The standard InChI is InChI=1S/C17H17N3O5/c1-17(2)24-15(22)12(16(23)25-17)8-18-13-6-4-3-5-11(13)14-7-10(9-21)19-20-14/h3-8,18,21H,9H2,1-2H3,(H,19,20). The van der Waals surface area contributed by atoms with Crippen LogP contribution in [-0.2, 0) is 25.7 Å². The molecule has 8 nitrogen and oxygen atoms in total. The van der Waals surface area contributed by atoms with Crippen LogP contribution in [0.5, 0.6) is 0 Å². The summed E-state index contributed by atoms with van der Waals surface area (Å²) < 4.78 is 10.1. The minimum atomic E-state index is -1.28. The van der Waals surface area contributed by atoms with Crippen LogP contribution in [0.3, 0.4) is 0 Å². The molecule has 130 valence electrons. The van der Waals surface area contributed by atoms with Gasteiger partial charge in [-0.1, -0.05) is 18.2 Å². The van der Waals surface area contributed by atoms with E-state index in [2.05, 4.69) is 15.5 Å². The van der Waals surface area contributed by atoms with Gasteiger partial charge in [-0.2, -0.15) is 5.10 Å². The number of hydrogen-bond acceptors (Lipinski definition) is 7. The molecule has 1 aliphatic heterocycles. The second-order valence-corrected chi connectivity index (χ2v) is 5.86. The van der Waals surface area contributed by atoms with Crippen LogP contribution in [0.4, 0.5) is 5.69 Å². The van der Waals surface area contributed by atoms with Crippen LogP contribution in [0.1, 0.15) is 19.5 Å². The van der Waals surface area contributed by atoms with Gasteiger partial charge in [0.05, 0.1) is 18.0 Å². The summed E-state index contributed by atoms with van der Waals surface area (Å²) in [6.45, 7) is 2.82. The first-order valence-electron chi connectivity index (χ1n) is 7.57. The monoisotopic (exact) mass is 343 g/mol. The van der Waals surface area contributed by atoms with Gasteiger partial charge in [-0.15, -0.1) is 0 Å². The topological polar surface area (TPSA) is 114 Å². The molecule has 0 unspecified atom stereocenters. The van der Waals surface area contributed by atoms with E-state index in [0.29, 0.717) is 17.1 Å². The molecule has 3 N–H and O–H groups in total. The van der Waals surface area contributed by atoms with Crippen molar-refractivity contribution in [3.05, 3.63) is 47.8 Å². The molecule has 8 heteroatoms. The highest BCUT2D eigenvalue weighted by molar-refractivity contribution is 6.15. The Morgan fingerprint density at radius 2 is 1.92 bits per heavy atom. The molecule has 1 fully saturated rings. The van der Waals surface area contributed by atoms with Crippen LogP contribution in [-0.4, -0.2) is 33.0 Å². The lowest BCUT2D eigenvalue weighted by atomic mass is 10.1. The molecule has 2 aromatic rings. The molecule has 0 atom stereocenters. The van der Waals surface area contributed by atoms with E-state index < -0.39 is 17.7 Å². The van der Waals surface area contributed by atoms with Crippen molar-refractivity contribution in [3.8, 4) is 11.3 Å². The number of ether oxygens (including phenoxy) is 2. The Kier molecular flexibility index (Phi) is 4.28. The summed E-state index contributed by atoms with van der Waals surface area (Å²) in [7, 11) is 0. The van der Waals surface area contributed by atoms with Crippen molar-refractivity contribution in [1.82, 2.24) is 10.2 Å². The lowest BCUT2D eigenvalue weighted by molar-refractivity contribution is -0.222. The summed E-state index contributed by atoms with van der Waals surface area (Å²) >= 11 is 0. The third kappa shape index (κ3) is 3.53. The van der Waals surface area contributed by atoms with E-state index >= 15 is 0 Å². The van der Waals surface area contributed by atoms with Gasteiger partial charge < -0.3 is 19.9 Å². The van der Waals surface area contributed by atoms with E-state index in [-0.39, 0.29) is 12.2 Å². The summed E-state index contributed by atoms with van der Waals surface area (Å²) in [5.41, 5.74) is 2.31. The molecule has 0 radical (unpaired) electrons. The highest BCUT2D eigenvalue weighted by Gasteiger charge is 2.38. The normalized spacial score (nSPS) is 16.2. The number of benzene rings is 1. The van der Waals surface area contributed by atoms with Gasteiger partial charge in [0.1, 0.15) is 0 Å². The molecule has 2 heterocycles. The largest absolute Gasteiger partial charge is 0.419 e. The van der Waals surface area contributed by atoms with Gasteiger partial charge in [0, 0.05) is 31.3 Å². The molecular formula is C17H17N3O5. The van der Waals surface area contributed by atoms with Crippen molar-refractivity contribution >= 4 is 17.6 Å². The fraction of sp³-hybridized carbons (Fsp3) is 0.235. The average molecular weight is 343 g/mol. The Morgan fingerprint density at radius 3 is 2.56 bits per heavy atom. The first-order valence-corrected chi connectivity index (χ1v) is 7.57. The first-order chi connectivity index (χ1) is 11.9. The van der Waals surface area contributed by atoms with Crippen LogP contribution in [0.25, 0.3) is 11.3 Å². The minimum Gasteiger partial charge on any atom is -0.419 e. The van der Waals surface area contributed by atoms with Crippen LogP contribution < -0.4 is 5.32 Å². The summed E-state index contributed by atoms with van der Waals surface area (Å²) in [6.07, 6.45) is 1.25. The number of rotatable bonds is 4. The van der Waals surface area contributed by atoms with Gasteiger partial charge in [0.15, 0.2) is 5.57 Å². The molecule has 1 saturated heterocycles. The van der Waals surface area contributed by atoms with E-state index in [1.807, 2.05) is 12.1 Å². The van der Waals surface area contributed by atoms with Gasteiger partial charge >= 0.3 is 11.9 Å². The van der Waals surface area contributed by atoms with Crippen molar-refractivity contribution in [3.63, 3.8) is 0 Å². The van der Waals surface area contributed by atoms with Crippen LogP contribution in [0.2, 0.25) is 0 Å². The van der Waals surface area contributed by atoms with Crippen LogP contribution in [0.15, 0.2) is 42.1 Å². The summed E-state index contributed by atoms with van der Waals surface area (Å²) in [4.78, 5) is 23.9. The molecule has 0 bridgehead atoms. The van der Waals surface area contributed by atoms with Gasteiger partial charge in [-0.3, -0.25) is 5.10 Å². The SMILES string of the molecule is CC1(C)OC(=O)C(=CNc2ccccc2-c2cc(CO)[nH]n2)C(=O)O1. The number of carbonyl (C=O) groups excluding carboxylic acids is 2. The van der Waals surface area contributed by atoms with Crippen molar-refractivity contribution in [2.45, 2.75) is 26.2 Å². The maximum atomic E-state index is 12.0. The number of para-hydroxylation sites is 1. The van der Waals surface area contributed by atoms with Gasteiger partial charge in [0.25, 0.3) is 5.79 Å². The molecular weight excluding hydrogens is 326 g/mol. The van der Waals surface area contributed by atoms with Crippen LogP contribution >= 0.6 is 0 Å². The molecule has 0 spiro atoms. The summed E-state index contributed by atoms with van der Waals surface area (Å²) in [5, 5.41) is 18.9. The average Bonchev–Trinajstić information content (AvgIpc) is 3.02. The Morgan fingerprint density at radius 1 is 1.24 bits per heavy atom. The minimum absolute atomic E-state index is 0.153. The zero-order valence-corrected chi connectivity index (χ0v) is 13.7. The van der Waals surface area contributed by atoms with Crippen LogP contribution in [0, 0.1) is 0 Å².